The van der Waals surface area contributed by atoms with E-state index in [-0.39, 0.29) is 0 Å². The highest BCUT2D eigenvalue weighted by Crippen LogP contribution is 2.31. The zero-order valence-electron chi connectivity index (χ0n) is 12.9. The van der Waals surface area contributed by atoms with Crippen LogP contribution in [0.2, 0.25) is 0 Å². The predicted molar refractivity (Wildman–Crippen MR) is 83.8 cm³/mol. The number of nitrogens with one attached hydrogen (secondary N) is 1. The van der Waals surface area contributed by atoms with E-state index < -0.39 is 0 Å². The molecule has 1 aliphatic carbocycles. The minimum absolute atomic E-state index is 0.585. The number of aromatic nitrogens is 2. The maximum absolute atomic E-state index is 5.62. The van der Waals surface area contributed by atoms with Gasteiger partial charge < -0.3 is 15.0 Å². The van der Waals surface area contributed by atoms with E-state index in [4.69, 9.17) is 4.74 Å². The molecule has 1 aliphatic heterocycles. The van der Waals surface area contributed by atoms with E-state index in [9.17, 15) is 0 Å². The lowest BCUT2D eigenvalue weighted by Gasteiger charge is -2.31. The van der Waals surface area contributed by atoms with Crippen LogP contribution in [0.4, 0.5) is 5.82 Å². The maximum Gasteiger partial charge on any atom is 0.234 e. The van der Waals surface area contributed by atoms with Crippen molar-refractivity contribution in [1.82, 2.24) is 15.3 Å². The van der Waals surface area contributed by atoms with Gasteiger partial charge in [0.25, 0.3) is 0 Å². The van der Waals surface area contributed by atoms with Gasteiger partial charge in [-0.2, -0.15) is 4.98 Å². The molecule has 1 saturated carbocycles. The van der Waals surface area contributed by atoms with E-state index >= 15 is 0 Å². The Morgan fingerprint density at radius 3 is 2.90 bits per heavy atom. The number of nitrogens with zero attached hydrogens (tertiary/aromatic N) is 3. The molecule has 1 saturated heterocycles. The van der Waals surface area contributed by atoms with Crippen molar-refractivity contribution in [2.75, 3.05) is 24.6 Å². The molecule has 1 N–H and O–H groups in total. The fraction of sp³-hybridized carbons (Fsp3) is 0.750. The van der Waals surface area contributed by atoms with Crippen LogP contribution in [-0.4, -0.2) is 41.7 Å². The first-order chi connectivity index (χ1) is 10.4. The second kappa shape index (κ2) is 7.07. The lowest BCUT2D eigenvalue weighted by Crippen LogP contribution is -2.44. The van der Waals surface area contributed by atoms with Gasteiger partial charge in [-0.3, -0.25) is 4.98 Å². The fourth-order valence-corrected chi connectivity index (χ4v) is 2.89. The van der Waals surface area contributed by atoms with Crippen molar-refractivity contribution >= 4 is 5.82 Å². The molecule has 2 heterocycles. The van der Waals surface area contributed by atoms with Crippen molar-refractivity contribution in [3.8, 4) is 5.88 Å². The monoisotopic (exact) mass is 290 g/mol. The van der Waals surface area contributed by atoms with Gasteiger partial charge in [0.15, 0.2) is 5.82 Å². The zero-order valence-corrected chi connectivity index (χ0v) is 12.9. The number of hydrogen-bond acceptors (Lipinski definition) is 5. The fourth-order valence-electron chi connectivity index (χ4n) is 2.89. The third-order valence-corrected chi connectivity index (χ3v) is 4.17. The maximum atomic E-state index is 5.62. The number of ether oxygens (including phenoxy) is 1. The molecular weight excluding hydrogens is 264 g/mol. The lowest BCUT2D eigenvalue weighted by atomic mass is 10.0. The molecule has 0 spiro atoms. The third-order valence-electron chi connectivity index (χ3n) is 4.17. The molecule has 0 radical (unpaired) electrons. The van der Waals surface area contributed by atoms with Gasteiger partial charge in [0.1, 0.15) is 0 Å². The Morgan fingerprint density at radius 2 is 2.19 bits per heavy atom. The van der Waals surface area contributed by atoms with Crippen LogP contribution in [0.1, 0.15) is 45.4 Å². The summed E-state index contributed by atoms with van der Waals surface area (Å²) in [6.45, 7) is 4.99. The van der Waals surface area contributed by atoms with E-state index in [0.29, 0.717) is 24.6 Å². The molecule has 0 aromatic carbocycles. The first kappa shape index (κ1) is 14.6. The predicted octanol–water partition coefficient (Wildman–Crippen LogP) is 2.38. The van der Waals surface area contributed by atoms with Crippen molar-refractivity contribution in [2.24, 2.45) is 0 Å². The van der Waals surface area contributed by atoms with Crippen molar-refractivity contribution < 1.29 is 4.74 Å². The molecule has 5 nitrogen and oxygen atoms in total. The smallest absolute Gasteiger partial charge is 0.234 e. The highest BCUT2D eigenvalue weighted by molar-refractivity contribution is 5.41. The van der Waals surface area contributed by atoms with Crippen molar-refractivity contribution in [3.05, 3.63) is 12.4 Å². The molecular formula is C16H26N4O. The molecule has 0 amide bonds. The zero-order chi connectivity index (χ0) is 14.5. The number of piperidine rings is 1. The Hall–Kier alpha value is -1.36. The van der Waals surface area contributed by atoms with Gasteiger partial charge in [-0.1, -0.05) is 13.3 Å². The minimum Gasteiger partial charge on any atom is -0.477 e. The van der Waals surface area contributed by atoms with Gasteiger partial charge in [-0.05, 0) is 38.6 Å². The molecule has 1 aromatic heterocycles. The topological polar surface area (TPSA) is 50.3 Å². The molecule has 2 fully saturated rings. The van der Waals surface area contributed by atoms with Crippen LogP contribution in [0.15, 0.2) is 12.4 Å². The lowest BCUT2D eigenvalue weighted by molar-refractivity contribution is 0.303. The van der Waals surface area contributed by atoms with Crippen LogP contribution < -0.4 is 15.0 Å². The second-order valence-electron chi connectivity index (χ2n) is 6.09. The summed E-state index contributed by atoms with van der Waals surface area (Å²) in [7, 11) is 0. The van der Waals surface area contributed by atoms with Crippen LogP contribution in [0, 0.1) is 0 Å². The molecule has 1 aromatic rings. The van der Waals surface area contributed by atoms with E-state index in [1.807, 2.05) is 6.20 Å². The Morgan fingerprint density at radius 1 is 1.29 bits per heavy atom. The number of anilines is 1. The standard InChI is InChI=1S/C16H26N4O/c1-2-9-21-16-11-17-10-15(19-16)20(14-6-7-14)12-13-5-3-4-8-18-13/h10-11,13-14,18H,2-9,12H2,1H3. The van der Waals surface area contributed by atoms with Crippen LogP contribution in [0.5, 0.6) is 5.88 Å². The number of hydrogen-bond donors (Lipinski definition) is 1. The molecule has 0 bridgehead atoms. The van der Waals surface area contributed by atoms with Crippen LogP contribution in [0.3, 0.4) is 0 Å². The Balaban J connectivity index is 1.67. The second-order valence-corrected chi connectivity index (χ2v) is 6.09. The van der Waals surface area contributed by atoms with E-state index in [1.165, 1.54) is 32.1 Å². The van der Waals surface area contributed by atoms with Crippen LogP contribution in [-0.2, 0) is 0 Å². The SMILES string of the molecule is CCCOc1cncc(N(CC2CCCCN2)C2CC2)n1. The summed E-state index contributed by atoms with van der Waals surface area (Å²) < 4.78 is 5.62. The first-order valence-electron chi connectivity index (χ1n) is 8.31. The van der Waals surface area contributed by atoms with Gasteiger partial charge >= 0.3 is 0 Å². The quantitative estimate of drug-likeness (QED) is 0.835. The Kier molecular flexibility index (Phi) is 4.91. The molecule has 3 rings (SSSR count). The summed E-state index contributed by atoms with van der Waals surface area (Å²) in [6.07, 6.45) is 11.0. The van der Waals surface area contributed by atoms with Crippen molar-refractivity contribution in [1.29, 1.82) is 0 Å². The van der Waals surface area contributed by atoms with Crippen molar-refractivity contribution in [2.45, 2.75) is 57.5 Å². The molecule has 21 heavy (non-hydrogen) atoms. The van der Waals surface area contributed by atoms with E-state index in [2.05, 4.69) is 27.1 Å². The van der Waals surface area contributed by atoms with E-state index in [0.717, 1.165) is 25.3 Å². The van der Waals surface area contributed by atoms with Crippen molar-refractivity contribution in [3.63, 3.8) is 0 Å². The average Bonchev–Trinajstić information content (AvgIpc) is 3.37. The van der Waals surface area contributed by atoms with Gasteiger partial charge in [0.2, 0.25) is 5.88 Å². The van der Waals surface area contributed by atoms with E-state index in [1.54, 1.807) is 6.20 Å². The van der Waals surface area contributed by atoms with Crippen LogP contribution in [0.25, 0.3) is 0 Å². The largest absolute Gasteiger partial charge is 0.477 e. The van der Waals surface area contributed by atoms with Gasteiger partial charge in [0.05, 0.1) is 19.0 Å². The third kappa shape index (κ3) is 4.06. The molecule has 1 unspecified atom stereocenters. The summed E-state index contributed by atoms with van der Waals surface area (Å²) in [4.78, 5) is 11.4. The molecule has 2 aliphatic rings. The van der Waals surface area contributed by atoms with Gasteiger partial charge in [-0.25, -0.2) is 0 Å². The summed E-state index contributed by atoms with van der Waals surface area (Å²) in [5.41, 5.74) is 0. The summed E-state index contributed by atoms with van der Waals surface area (Å²) >= 11 is 0. The minimum atomic E-state index is 0.585. The number of rotatable bonds is 7. The average molecular weight is 290 g/mol. The first-order valence-corrected chi connectivity index (χ1v) is 8.31. The summed E-state index contributed by atoms with van der Waals surface area (Å²) in [5.74, 6) is 1.62. The van der Waals surface area contributed by atoms with Gasteiger partial charge in [0, 0.05) is 18.6 Å². The normalized spacial score (nSPS) is 22.0. The summed E-state index contributed by atoms with van der Waals surface area (Å²) in [6, 6.07) is 1.23. The molecule has 116 valence electrons. The Labute approximate surface area is 127 Å². The highest BCUT2D eigenvalue weighted by atomic mass is 16.5. The molecule has 1 atom stereocenters. The Bertz CT molecular complexity index is 444. The van der Waals surface area contributed by atoms with Crippen LogP contribution >= 0.6 is 0 Å². The summed E-state index contributed by atoms with van der Waals surface area (Å²) in [5, 5.41) is 3.63. The van der Waals surface area contributed by atoms with Gasteiger partial charge in [-0.15, -0.1) is 0 Å². The highest BCUT2D eigenvalue weighted by Gasteiger charge is 2.32. The molecule has 5 heteroatoms.